The number of esters is 1. The Morgan fingerprint density at radius 3 is 1.84 bits per heavy atom. The average Bonchev–Trinajstić information content (AvgIpc) is 2.96. The van der Waals surface area contributed by atoms with Gasteiger partial charge in [0, 0.05) is 25.5 Å². The van der Waals surface area contributed by atoms with Crippen molar-refractivity contribution in [3.05, 3.63) is 59.7 Å². The molecule has 32 heavy (non-hydrogen) atoms. The summed E-state index contributed by atoms with van der Waals surface area (Å²) in [5.74, 6) is -2.22. The minimum Gasteiger partial charge on any atom is -0.459 e. The summed E-state index contributed by atoms with van der Waals surface area (Å²) >= 11 is 0. The number of amides is 3. The molecule has 3 amide bonds. The van der Waals surface area contributed by atoms with E-state index in [4.69, 9.17) is 4.74 Å². The summed E-state index contributed by atoms with van der Waals surface area (Å²) in [6.45, 7) is 4.39. The zero-order valence-corrected chi connectivity index (χ0v) is 18.9. The average molecular weight is 437 g/mol. The van der Waals surface area contributed by atoms with Crippen molar-refractivity contribution in [3.63, 3.8) is 0 Å². The summed E-state index contributed by atoms with van der Waals surface area (Å²) < 4.78 is 5.38. The van der Waals surface area contributed by atoms with E-state index in [0.717, 1.165) is 10.6 Å². The molecule has 0 aromatic heterocycles. The molecule has 0 radical (unpaired) electrons. The second kappa shape index (κ2) is 8.82. The zero-order chi connectivity index (χ0) is 23.6. The van der Waals surface area contributed by atoms with Crippen LogP contribution < -0.4 is 9.80 Å². The van der Waals surface area contributed by atoms with Gasteiger partial charge < -0.3 is 9.64 Å². The van der Waals surface area contributed by atoms with Crippen LogP contribution in [0, 0.1) is 0 Å². The highest BCUT2D eigenvalue weighted by molar-refractivity contribution is 6.22. The molecule has 2 aromatic carbocycles. The molecule has 0 aliphatic carbocycles. The fourth-order valence-corrected chi connectivity index (χ4v) is 3.36. The maximum absolute atomic E-state index is 13.2. The first-order chi connectivity index (χ1) is 15.0. The van der Waals surface area contributed by atoms with Gasteiger partial charge in [0.1, 0.15) is 18.7 Å². The van der Waals surface area contributed by atoms with E-state index >= 15 is 0 Å². The van der Waals surface area contributed by atoms with Gasteiger partial charge in [-0.05, 0) is 57.2 Å². The number of nitrogens with zero attached hydrogens (tertiary/aromatic N) is 3. The standard InChI is InChI=1S/C24H27N3O5/c1-24(2,3)32-21(29)15-26(17-12-10-16(11-13-17)25(4)5)20(28)14-27-22(30)18-8-6-7-9-19(18)23(27)31/h6-13H,14-15H2,1-5H3. The number of anilines is 2. The van der Waals surface area contributed by atoms with Crippen molar-refractivity contribution < 1.29 is 23.9 Å². The van der Waals surface area contributed by atoms with Gasteiger partial charge in [-0.25, -0.2) is 0 Å². The summed E-state index contributed by atoms with van der Waals surface area (Å²) in [6.07, 6.45) is 0. The molecule has 0 bridgehead atoms. The van der Waals surface area contributed by atoms with Gasteiger partial charge in [-0.3, -0.25) is 29.0 Å². The number of imide groups is 1. The van der Waals surface area contributed by atoms with Crippen LogP contribution in [0.4, 0.5) is 11.4 Å². The molecule has 8 nitrogen and oxygen atoms in total. The predicted octanol–water partition coefficient (Wildman–Crippen LogP) is 2.72. The Kier molecular flexibility index (Phi) is 6.34. The van der Waals surface area contributed by atoms with Crippen LogP contribution in [0.15, 0.2) is 48.5 Å². The highest BCUT2D eigenvalue weighted by Gasteiger charge is 2.37. The number of carbonyl (C=O) groups excluding carboxylic acids is 4. The van der Waals surface area contributed by atoms with Gasteiger partial charge in [0.25, 0.3) is 11.8 Å². The molecule has 0 fully saturated rings. The van der Waals surface area contributed by atoms with Crippen molar-refractivity contribution >= 4 is 35.1 Å². The molecule has 0 N–H and O–H groups in total. The number of hydrogen-bond donors (Lipinski definition) is 0. The number of carbonyl (C=O) groups is 4. The highest BCUT2D eigenvalue weighted by Crippen LogP contribution is 2.24. The quantitative estimate of drug-likeness (QED) is 0.510. The Labute approximate surface area is 187 Å². The number of rotatable bonds is 6. The molecule has 0 spiro atoms. The number of ether oxygens (including phenoxy) is 1. The van der Waals surface area contributed by atoms with E-state index in [-0.39, 0.29) is 17.7 Å². The van der Waals surface area contributed by atoms with Crippen molar-refractivity contribution in [1.82, 2.24) is 4.90 Å². The molecule has 0 saturated carbocycles. The van der Waals surface area contributed by atoms with Crippen LogP contribution in [-0.2, 0) is 14.3 Å². The fourth-order valence-electron chi connectivity index (χ4n) is 3.36. The van der Waals surface area contributed by atoms with E-state index in [1.807, 2.05) is 31.1 Å². The molecule has 1 aliphatic heterocycles. The summed E-state index contributed by atoms with van der Waals surface area (Å²) in [4.78, 5) is 55.1. The van der Waals surface area contributed by atoms with Crippen LogP contribution in [0.25, 0.3) is 0 Å². The van der Waals surface area contributed by atoms with Gasteiger partial charge in [-0.1, -0.05) is 12.1 Å². The van der Waals surface area contributed by atoms with Gasteiger partial charge in [0.15, 0.2) is 0 Å². The Bertz CT molecular complexity index is 1020. The number of hydrogen-bond acceptors (Lipinski definition) is 6. The topological polar surface area (TPSA) is 87.2 Å². The Hall–Kier alpha value is -3.68. The molecule has 1 heterocycles. The van der Waals surface area contributed by atoms with Gasteiger partial charge in [-0.2, -0.15) is 0 Å². The zero-order valence-electron chi connectivity index (χ0n) is 18.9. The van der Waals surface area contributed by atoms with Gasteiger partial charge in [0.2, 0.25) is 5.91 Å². The molecule has 1 aliphatic rings. The summed E-state index contributed by atoms with van der Waals surface area (Å²) in [6, 6.07) is 13.5. The van der Waals surface area contributed by atoms with Crippen LogP contribution in [0.1, 0.15) is 41.5 Å². The lowest BCUT2D eigenvalue weighted by molar-refractivity contribution is -0.153. The van der Waals surface area contributed by atoms with E-state index in [1.165, 1.54) is 4.90 Å². The number of fused-ring (bicyclic) bond motifs is 1. The Morgan fingerprint density at radius 2 is 1.38 bits per heavy atom. The van der Waals surface area contributed by atoms with E-state index in [9.17, 15) is 19.2 Å². The first-order valence-corrected chi connectivity index (χ1v) is 10.2. The van der Waals surface area contributed by atoms with Crippen LogP contribution in [0.5, 0.6) is 0 Å². The minimum absolute atomic E-state index is 0.263. The van der Waals surface area contributed by atoms with E-state index in [2.05, 4.69) is 0 Å². The molecule has 0 atom stereocenters. The van der Waals surface area contributed by atoms with Crippen LogP contribution in [0.3, 0.4) is 0 Å². The maximum Gasteiger partial charge on any atom is 0.326 e. The lowest BCUT2D eigenvalue weighted by Gasteiger charge is -2.27. The minimum atomic E-state index is -0.719. The third-order valence-electron chi connectivity index (χ3n) is 4.86. The summed E-state index contributed by atoms with van der Waals surface area (Å²) in [7, 11) is 3.78. The van der Waals surface area contributed by atoms with Crippen LogP contribution in [0.2, 0.25) is 0 Å². The van der Waals surface area contributed by atoms with E-state index in [0.29, 0.717) is 5.69 Å². The molecule has 0 saturated heterocycles. The van der Waals surface area contributed by atoms with Crippen molar-refractivity contribution in [3.8, 4) is 0 Å². The molecule has 2 aromatic rings. The number of benzene rings is 2. The SMILES string of the molecule is CN(C)c1ccc(N(CC(=O)OC(C)(C)C)C(=O)CN2C(=O)c3ccccc3C2=O)cc1. The largest absolute Gasteiger partial charge is 0.459 e. The van der Waals surface area contributed by atoms with Crippen molar-refractivity contribution in [2.45, 2.75) is 26.4 Å². The lowest BCUT2D eigenvalue weighted by atomic mass is 10.1. The van der Waals surface area contributed by atoms with E-state index < -0.39 is 35.8 Å². The fraction of sp³-hybridized carbons (Fsp3) is 0.333. The summed E-state index contributed by atoms with van der Waals surface area (Å²) in [5, 5.41) is 0. The molecular formula is C24H27N3O5. The first kappa shape index (κ1) is 23.0. The van der Waals surface area contributed by atoms with Gasteiger partial charge in [-0.15, -0.1) is 0 Å². The molecule has 168 valence electrons. The lowest BCUT2D eigenvalue weighted by Crippen LogP contribution is -2.45. The van der Waals surface area contributed by atoms with Gasteiger partial charge in [0.05, 0.1) is 11.1 Å². The molecular weight excluding hydrogens is 410 g/mol. The monoisotopic (exact) mass is 437 g/mol. The molecule has 3 rings (SSSR count). The third kappa shape index (κ3) is 4.96. The highest BCUT2D eigenvalue weighted by atomic mass is 16.6. The van der Waals surface area contributed by atoms with E-state index in [1.54, 1.807) is 57.2 Å². The van der Waals surface area contributed by atoms with Crippen LogP contribution >= 0.6 is 0 Å². The second-order valence-electron chi connectivity index (χ2n) is 8.72. The maximum atomic E-state index is 13.2. The third-order valence-corrected chi connectivity index (χ3v) is 4.86. The first-order valence-electron chi connectivity index (χ1n) is 10.2. The molecule has 8 heteroatoms. The second-order valence-corrected chi connectivity index (χ2v) is 8.72. The Morgan fingerprint density at radius 1 is 0.875 bits per heavy atom. The van der Waals surface area contributed by atoms with Crippen molar-refractivity contribution in [1.29, 1.82) is 0 Å². The normalized spacial score (nSPS) is 13.1. The van der Waals surface area contributed by atoms with Gasteiger partial charge >= 0.3 is 5.97 Å². The Balaban J connectivity index is 1.85. The van der Waals surface area contributed by atoms with Crippen molar-refractivity contribution in [2.75, 3.05) is 37.0 Å². The smallest absolute Gasteiger partial charge is 0.326 e. The van der Waals surface area contributed by atoms with Crippen molar-refractivity contribution in [2.24, 2.45) is 0 Å². The molecule has 0 unspecified atom stereocenters. The summed E-state index contributed by atoms with van der Waals surface area (Å²) in [5.41, 5.74) is 1.18. The van der Waals surface area contributed by atoms with Crippen LogP contribution in [-0.4, -0.2) is 61.4 Å². The predicted molar refractivity (Wildman–Crippen MR) is 121 cm³/mol.